The molecule has 0 aromatic heterocycles. The van der Waals surface area contributed by atoms with Gasteiger partial charge >= 0.3 is 11.9 Å². The maximum atomic E-state index is 13.3. The maximum absolute atomic E-state index is 13.3. The number of hydrogen-bond donors (Lipinski definition) is 7. The van der Waals surface area contributed by atoms with Gasteiger partial charge in [0, 0.05) is 25.7 Å². The first kappa shape index (κ1) is 61.3. The molecule has 390 valence electrons. The van der Waals surface area contributed by atoms with Crippen molar-refractivity contribution in [3.8, 4) is 0 Å². The first-order valence-corrected chi connectivity index (χ1v) is 23.9. The fraction of sp³-hybridized carbons (Fsp3) is 0.500. The molecule has 0 aliphatic heterocycles. The molecule has 0 radical (unpaired) electrons. The van der Waals surface area contributed by atoms with Gasteiger partial charge in [0.05, 0.1) is 51.4 Å². The smallest absolute Gasteiger partial charge is 0.307 e. The van der Waals surface area contributed by atoms with Gasteiger partial charge in [-0.05, 0) is 81.6 Å². The first-order chi connectivity index (χ1) is 33.2. The Balaban J connectivity index is 1.95. The summed E-state index contributed by atoms with van der Waals surface area (Å²) >= 11 is 0. The van der Waals surface area contributed by atoms with E-state index in [0.717, 1.165) is 33.4 Å². The molecule has 0 aromatic rings. The van der Waals surface area contributed by atoms with E-state index in [1.807, 2.05) is 140 Å². The van der Waals surface area contributed by atoms with Gasteiger partial charge in [-0.1, -0.05) is 135 Å². The van der Waals surface area contributed by atoms with Crippen LogP contribution >= 0.6 is 0 Å². The van der Waals surface area contributed by atoms with E-state index in [0.29, 0.717) is 11.1 Å². The fourth-order valence-corrected chi connectivity index (χ4v) is 7.78. The predicted molar refractivity (Wildman–Crippen MR) is 274 cm³/mol. The molecule has 0 fully saturated rings. The van der Waals surface area contributed by atoms with Crippen molar-refractivity contribution >= 4 is 35.3 Å². The van der Waals surface area contributed by atoms with E-state index in [9.17, 15) is 54.3 Å². The van der Waals surface area contributed by atoms with Crippen LogP contribution in [-0.2, 0) is 38.2 Å². The molecule has 0 bridgehead atoms. The number of nitrogens with one attached hydrogen (secondary N) is 2. The van der Waals surface area contributed by atoms with Crippen LogP contribution in [0.1, 0.15) is 115 Å². The molecule has 0 spiro atoms. The standard InChI is InChI=1S/C56H78N2O13/c1-37(18-14-20-39(3)22-24-43-41(5)51(68)45(30-53(43,7)8)70-49(66)28-26-47(64)57-55(11,32-59)33-60)16-12-13-17-38(2)19-15-21-40(4)23-25-44-42(6)52(69)46(31-54(44,9)10)71-50(67)29-27-48(65)58-56(34-61,35-62)36-63/h12-25,45-46,59-63H,26-36H2,1-11H3,(H,57,64)(H,58,65)/b13-12+,18-14+,19-15+,24-22+,25-23+,37-16+,38-17+,39-20+,40-21+. The van der Waals surface area contributed by atoms with Crippen molar-refractivity contribution < 1.29 is 63.8 Å². The summed E-state index contributed by atoms with van der Waals surface area (Å²) in [5, 5.41) is 51.9. The molecule has 0 saturated carbocycles. The Morgan fingerprint density at radius 1 is 0.549 bits per heavy atom. The van der Waals surface area contributed by atoms with Crippen LogP contribution < -0.4 is 10.6 Å². The zero-order chi connectivity index (χ0) is 53.7. The van der Waals surface area contributed by atoms with Crippen LogP contribution in [0.4, 0.5) is 0 Å². The summed E-state index contributed by atoms with van der Waals surface area (Å²) in [5.74, 6) is -3.19. The van der Waals surface area contributed by atoms with Gasteiger partial charge in [0.2, 0.25) is 11.8 Å². The summed E-state index contributed by atoms with van der Waals surface area (Å²) in [6.45, 7) is 17.7. The van der Waals surface area contributed by atoms with Crippen LogP contribution in [-0.4, -0.2) is 117 Å². The molecule has 2 aliphatic rings. The maximum Gasteiger partial charge on any atom is 0.307 e. The number of esters is 2. The van der Waals surface area contributed by atoms with Gasteiger partial charge in [-0.15, -0.1) is 0 Å². The topological polar surface area (TPSA) is 246 Å². The summed E-state index contributed by atoms with van der Waals surface area (Å²) in [5.41, 5.74) is 2.89. The Kier molecular flexibility index (Phi) is 24.4. The van der Waals surface area contributed by atoms with E-state index in [2.05, 4.69) is 10.6 Å². The van der Waals surface area contributed by atoms with Crippen LogP contribution in [0.3, 0.4) is 0 Å². The van der Waals surface area contributed by atoms with Gasteiger partial charge in [-0.2, -0.15) is 0 Å². The van der Waals surface area contributed by atoms with E-state index in [-0.39, 0.29) is 50.1 Å². The Morgan fingerprint density at radius 3 is 1.24 bits per heavy atom. The summed E-state index contributed by atoms with van der Waals surface area (Å²) in [4.78, 5) is 76.2. The molecule has 2 unspecified atom stereocenters. The van der Waals surface area contributed by atoms with Gasteiger partial charge in [-0.25, -0.2) is 0 Å². The van der Waals surface area contributed by atoms with Crippen molar-refractivity contribution in [2.24, 2.45) is 10.8 Å². The second-order valence-corrected chi connectivity index (χ2v) is 20.1. The van der Waals surface area contributed by atoms with Crippen molar-refractivity contribution in [1.82, 2.24) is 10.6 Å². The average Bonchev–Trinajstić information content (AvgIpc) is 3.31. The van der Waals surface area contributed by atoms with E-state index in [1.165, 1.54) is 6.92 Å². The molecule has 15 nitrogen and oxygen atoms in total. The largest absolute Gasteiger partial charge is 0.454 e. The Morgan fingerprint density at radius 2 is 0.887 bits per heavy atom. The van der Waals surface area contributed by atoms with Crippen molar-refractivity contribution in [2.45, 2.75) is 138 Å². The first-order valence-electron chi connectivity index (χ1n) is 23.9. The highest BCUT2D eigenvalue weighted by molar-refractivity contribution is 6.02. The number of carbonyl (C=O) groups is 6. The van der Waals surface area contributed by atoms with Gasteiger partial charge in [0.1, 0.15) is 5.54 Å². The van der Waals surface area contributed by atoms with Gasteiger partial charge in [-0.3, -0.25) is 28.8 Å². The zero-order valence-electron chi connectivity index (χ0n) is 43.5. The number of allylic oxidation sites excluding steroid dienone is 20. The van der Waals surface area contributed by atoms with Crippen LogP contribution in [0.5, 0.6) is 0 Å². The number of carbonyl (C=O) groups excluding carboxylic acids is 6. The minimum Gasteiger partial charge on any atom is -0.454 e. The quantitative estimate of drug-likeness (QED) is 0.0395. The molecule has 0 saturated heterocycles. The number of aliphatic hydroxyl groups excluding tert-OH is 5. The highest BCUT2D eigenvalue weighted by Gasteiger charge is 2.41. The van der Waals surface area contributed by atoms with Gasteiger partial charge in [0.15, 0.2) is 23.8 Å². The fourth-order valence-electron chi connectivity index (χ4n) is 7.78. The predicted octanol–water partition coefficient (Wildman–Crippen LogP) is 6.26. The molecule has 71 heavy (non-hydrogen) atoms. The summed E-state index contributed by atoms with van der Waals surface area (Å²) < 4.78 is 11.0. The van der Waals surface area contributed by atoms with E-state index in [1.54, 1.807) is 13.8 Å². The lowest BCUT2D eigenvalue weighted by atomic mass is 9.71. The Labute approximate surface area is 419 Å². The van der Waals surface area contributed by atoms with Crippen molar-refractivity contribution in [1.29, 1.82) is 0 Å². The number of amides is 2. The highest BCUT2D eigenvalue weighted by atomic mass is 16.6. The number of Topliss-reactive ketones (excluding diaryl/α,β-unsaturated/α-hetero) is 2. The Bertz CT molecular complexity index is 2290. The second-order valence-electron chi connectivity index (χ2n) is 20.1. The lowest BCUT2D eigenvalue weighted by Gasteiger charge is -2.36. The molecule has 2 rings (SSSR count). The Hall–Kier alpha value is -5.84. The van der Waals surface area contributed by atoms with Crippen molar-refractivity contribution in [3.63, 3.8) is 0 Å². The van der Waals surface area contributed by atoms with E-state index < -0.39 is 90.9 Å². The molecule has 2 aliphatic carbocycles. The third-order valence-corrected chi connectivity index (χ3v) is 12.4. The third-order valence-electron chi connectivity index (χ3n) is 12.4. The number of hydrogen-bond acceptors (Lipinski definition) is 13. The normalized spacial score (nSPS) is 19.8. The minimum atomic E-state index is -1.60. The molecular weight excluding hydrogens is 909 g/mol. The summed E-state index contributed by atoms with van der Waals surface area (Å²) in [7, 11) is 0. The lowest BCUT2D eigenvalue weighted by molar-refractivity contribution is -0.156. The summed E-state index contributed by atoms with van der Waals surface area (Å²) in [6, 6.07) is 0. The molecule has 2 atom stereocenters. The zero-order valence-corrected chi connectivity index (χ0v) is 43.5. The molecule has 0 heterocycles. The van der Waals surface area contributed by atoms with Gasteiger partial charge < -0.3 is 45.6 Å². The highest BCUT2D eigenvalue weighted by Crippen LogP contribution is 2.42. The van der Waals surface area contributed by atoms with Crippen LogP contribution in [0.25, 0.3) is 0 Å². The molecular formula is C56H78N2O13. The number of rotatable bonds is 25. The molecule has 2 amide bonds. The molecule has 7 N–H and O–H groups in total. The summed E-state index contributed by atoms with van der Waals surface area (Å²) in [6.07, 6.45) is 24.9. The monoisotopic (exact) mass is 987 g/mol. The van der Waals surface area contributed by atoms with Crippen molar-refractivity contribution in [2.75, 3.05) is 33.0 Å². The van der Waals surface area contributed by atoms with E-state index >= 15 is 0 Å². The van der Waals surface area contributed by atoms with Crippen LogP contribution in [0.2, 0.25) is 0 Å². The molecule has 15 heteroatoms. The van der Waals surface area contributed by atoms with Gasteiger partial charge in [0.25, 0.3) is 0 Å². The van der Waals surface area contributed by atoms with E-state index in [4.69, 9.17) is 9.47 Å². The number of ketones is 2. The SMILES string of the molecule is CC1=C(/C=C/C(C)=C/C=C/C(C)=C/C=C/C=C(C)/C=C/C=C(C)/C=C/C2=C(C)C(=O)C(OC(=O)CCC(=O)NC(CO)(CO)CO)CC2(C)C)C(C)(C)CC(OC(=O)CCC(=O)NC(C)(CO)CO)C1=O. The third kappa shape index (κ3) is 19.7. The number of aliphatic hydroxyl groups is 5. The van der Waals surface area contributed by atoms with Crippen LogP contribution in [0, 0.1) is 10.8 Å². The number of ether oxygens (including phenoxy) is 2. The molecule has 0 aromatic carbocycles. The van der Waals surface area contributed by atoms with Crippen LogP contribution in [0.15, 0.2) is 130 Å². The second kappa shape index (κ2) is 28.3. The lowest BCUT2D eigenvalue weighted by Crippen LogP contribution is -2.57. The minimum absolute atomic E-state index is 0.211. The van der Waals surface area contributed by atoms with Crippen molar-refractivity contribution in [3.05, 3.63) is 130 Å². The average molecular weight is 987 g/mol.